The van der Waals surface area contributed by atoms with Gasteiger partial charge in [-0.25, -0.2) is 0 Å². The number of β-amino-alcohol motifs (C(OH)–C–C–N with tert-alkyl or cyclic N) is 1. The summed E-state index contributed by atoms with van der Waals surface area (Å²) in [5.74, 6) is 0.610. The number of benzene rings is 1. The molecule has 4 heteroatoms. The zero-order chi connectivity index (χ0) is 14.4. The molecule has 1 aliphatic rings. The standard InChI is InChI=1S/C16H24BrNO2/c1-2-20-12-13-5-4-8-18(10-13)11-16(19)14-6-3-7-15(17)9-14/h3,6-7,9,13,16,19H,2,4-5,8,10-12H2,1H3. The van der Waals surface area contributed by atoms with Crippen molar-refractivity contribution in [2.45, 2.75) is 25.9 Å². The molecule has 1 aromatic rings. The van der Waals surface area contributed by atoms with E-state index in [1.807, 2.05) is 31.2 Å². The molecule has 2 atom stereocenters. The van der Waals surface area contributed by atoms with E-state index in [1.54, 1.807) is 0 Å². The number of aliphatic hydroxyl groups is 1. The Morgan fingerprint density at radius 1 is 1.50 bits per heavy atom. The van der Waals surface area contributed by atoms with Crippen molar-refractivity contribution in [1.82, 2.24) is 4.90 Å². The van der Waals surface area contributed by atoms with Gasteiger partial charge in [-0.05, 0) is 49.9 Å². The van der Waals surface area contributed by atoms with Gasteiger partial charge >= 0.3 is 0 Å². The van der Waals surface area contributed by atoms with Gasteiger partial charge in [-0.1, -0.05) is 28.1 Å². The van der Waals surface area contributed by atoms with E-state index in [-0.39, 0.29) is 0 Å². The fourth-order valence-corrected chi connectivity index (χ4v) is 3.22. The Balaban J connectivity index is 1.85. The average Bonchev–Trinajstić information content (AvgIpc) is 2.45. The van der Waals surface area contributed by atoms with Gasteiger partial charge in [-0.15, -0.1) is 0 Å². The molecule has 3 nitrogen and oxygen atoms in total. The minimum atomic E-state index is -0.418. The van der Waals surface area contributed by atoms with Crippen LogP contribution >= 0.6 is 15.9 Å². The minimum absolute atomic E-state index is 0.418. The fourth-order valence-electron chi connectivity index (χ4n) is 2.80. The minimum Gasteiger partial charge on any atom is -0.387 e. The summed E-state index contributed by atoms with van der Waals surface area (Å²) in [6, 6.07) is 7.93. The number of halogens is 1. The Morgan fingerprint density at radius 2 is 2.35 bits per heavy atom. The first kappa shape index (κ1) is 16.0. The van der Waals surface area contributed by atoms with Crippen LogP contribution in [-0.4, -0.2) is 42.9 Å². The summed E-state index contributed by atoms with van der Waals surface area (Å²) in [4.78, 5) is 2.36. The summed E-state index contributed by atoms with van der Waals surface area (Å²) in [5.41, 5.74) is 0.978. The number of piperidine rings is 1. The lowest BCUT2D eigenvalue weighted by molar-refractivity contribution is 0.0441. The molecule has 0 saturated carbocycles. The Kier molecular flexibility index (Phi) is 6.49. The number of nitrogens with zero attached hydrogens (tertiary/aromatic N) is 1. The van der Waals surface area contributed by atoms with E-state index in [9.17, 15) is 5.11 Å². The van der Waals surface area contributed by atoms with Crippen molar-refractivity contribution < 1.29 is 9.84 Å². The Morgan fingerprint density at radius 3 is 3.10 bits per heavy atom. The van der Waals surface area contributed by atoms with Gasteiger partial charge < -0.3 is 14.7 Å². The lowest BCUT2D eigenvalue weighted by atomic mass is 9.98. The quantitative estimate of drug-likeness (QED) is 0.862. The van der Waals surface area contributed by atoms with Crippen LogP contribution in [0.15, 0.2) is 28.7 Å². The van der Waals surface area contributed by atoms with E-state index in [0.29, 0.717) is 12.5 Å². The highest BCUT2D eigenvalue weighted by Crippen LogP contribution is 2.22. The second-order valence-electron chi connectivity index (χ2n) is 5.50. The largest absolute Gasteiger partial charge is 0.387 e. The van der Waals surface area contributed by atoms with Crippen molar-refractivity contribution in [3.05, 3.63) is 34.3 Å². The third-order valence-corrected chi connectivity index (χ3v) is 4.32. The van der Waals surface area contributed by atoms with Crippen LogP contribution < -0.4 is 0 Å². The summed E-state index contributed by atoms with van der Waals surface area (Å²) >= 11 is 3.45. The van der Waals surface area contributed by atoms with Crippen LogP contribution in [0, 0.1) is 5.92 Å². The summed E-state index contributed by atoms with van der Waals surface area (Å²) in [5, 5.41) is 10.4. The molecule has 0 aliphatic carbocycles. The van der Waals surface area contributed by atoms with Crippen LogP contribution in [0.3, 0.4) is 0 Å². The highest BCUT2D eigenvalue weighted by atomic mass is 79.9. The highest BCUT2D eigenvalue weighted by molar-refractivity contribution is 9.10. The molecule has 0 amide bonds. The maximum Gasteiger partial charge on any atom is 0.0917 e. The third kappa shape index (κ3) is 4.85. The maximum atomic E-state index is 10.4. The summed E-state index contributed by atoms with van der Waals surface area (Å²) in [6.07, 6.45) is 2.02. The van der Waals surface area contributed by atoms with Gasteiger partial charge in [-0.3, -0.25) is 0 Å². The summed E-state index contributed by atoms with van der Waals surface area (Å²) in [6.45, 7) is 6.49. The van der Waals surface area contributed by atoms with Crippen LogP contribution in [-0.2, 0) is 4.74 Å². The molecule has 1 saturated heterocycles. The van der Waals surface area contributed by atoms with Crippen LogP contribution in [0.25, 0.3) is 0 Å². The van der Waals surface area contributed by atoms with Crippen molar-refractivity contribution in [2.24, 2.45) is 5.92 Å². The molecular formula is C16H24BrNO2. The Labute approximate surface area is 130 Å². The first-order valence-electron chi connectivity index (χ1n) is 7.42. The van der Waals surface area contributed by atoms with Crippen molar-refractivity contribution in [3.63, 3.8) is 0 Å². The van der Waals surface area contributed by atoms with Gasteiger partial charge in [0.15, 0.2) is 0 Å². The van der Waals surface area contributed by atoms with Gasteiger partial charge in [0.05, 0.1) is 12.7 Å². The topological polar surface area (TPSA) is 32.7 Å². The molecule has 1 fully saturated rings. The number of aliphatic hydroxyl groups excluding tert-OH is 1. The van der Waals surface area contributed by atoms with E-state index in [1.165, 1.54) is 12.8 Å². The normalized spacial score (nSPS) is 21.9. The van der Waals surface area contributed by atoms with E-state index in [0.717, 1.165) is 36.3 Å². The lowest BCUT2D eigenvalue weighted by Gasteiger charge is -2.33. The van der Waals surface area contributed by atoms with Crippen LogP contribution in [0.4, 0.5) is 0 Å². The monoisotopic (exact) mass is 341 g/mol. The molecule has 0 spiro atoms. The Bertz CT molecular complexity index is 413. The second-order valence-corrected chi connectivity index (χ2v) is 6.41. The van der Waals surface area contributed by atoms with Crippen molar-refractivity contribution >= 4 is 15.9 Å². The molecular weight excluding hydrogens is 318 g/mol. The maximum absolute atomic E-state index is 10.4. The molecule has 1 heterocycles. The molecule has 0 radical (unpaired) electrons. The van der Waals surface area contributed by atoms with Crippen molar-refractivity contribution in [1.29, 1.82) is 0 Å². The number of ether oxygens (including phenoxy) is 1. The van der Waals surface area contributed by atoms with Gasteiger partial charge in [-0.2, -0.15) is 0 Å². The first-order valence-corrected chi connectivity index (χ1v) is 8.22. The van der Waals surface area contributed by atoms with Crippen molar-refractivity contribution in [3.8, 4) is 0 Å². The second kappa shape index (κ2) is 8.13. The van der Waals surface area contributed by atoms with Gasteiger partial charge in [0, 0.05) is 24.2 Å². The lowest BCUT2D eigenvalue weighted by Crippen LogP contribution is -2.39. The van der Waals surface area contributed by atoms with Gasteiger partial charge in [0.25, 0.3) is 0 Å². The van der Waals surface area contributed by atoms with Gasteiger partial charge in [0.2, 0.25) is 0 Å². The smallest absolute Gasteiger partial charge is 0.0917 e. The van der Waals surface area contributed by atoms with E-state index >= 15 is 0 Å². The molecule has 2 unspecified atom stereocenters. The van der Waals surface area contributed by atoms with Crippen LogP contribution in [0.1, 0.15) is 31.4 Å². The molecule has 1 aliphatic heterocycles. The predicted molar refractivity (Wildman–Crippen MR) is 84.8 cm³/mol. The molecule has 0 aromatic heterocycles. The number of likely N-dealkylation sites (tertiary alicyclic amines) is 1. The van der Waals surface area contributed by atoms with Crippen LogP contribution in [0.5, 0.6) is 0 Å². The Hall–Kier alpha value is -0.420. The summed E-state index contributed by atoms with van der Waals surface area (Å²) in [7, 11) is 0. The number of hydrogen-bond acceptors (Lipinski definition) is 3. The van der Waals surface area contributed by atoms with Crippen molar-refractivity contribution in [2.75, 3.05) is 32.8 Å². The fraction of sp³-hybridized carbons (Fsp3) is 0.625. The number of hydrogen-bond donors (Lipinski definition) is 1. The van der Waals surface area contributed by atoms with Gasteiger partial charge in [0.1, 0.15) is 0 Å². The SMILES string of the molecule is CCOCC1CCCN(CC(O)c2cccc(Br)c2)C1. The molecule has 20 heavy (non-hydrogen) atoms. The average molecular weight is 342 g/mol. The first-order chi connectivity index (χ1) is 9.69. The molecule has 112 valence electrons. The van der Waals surface area contributed by atoms with Crippen LogP contribution in [0.2, 0.25) is 0 Å². The highest BCUT2D eigenvalue weighted by Gasteiger charge is 2.22. The molecule has 1 aromatic carbocycles. The predicted octanol–water partition coefficient (Wildman–Crippen LogP) is 3.23. The van der Waals surface area contributed by atoms with E-state index in [4.69, 9.17) is 4.74 Å². The zero-order valence-electron chi connectivity index (χ0n) is 12.1. The molecule has 2 rings (SSSR count). The van der Waals surface area contributed by atoms with E-state index in [2.05, 4.69) is 20.8 Å². The third-order valence-electron chi connectivity index (χ3n) is 3.83. The molecule has 1 N–H and O–H groups in total. The zero-order valence-corrected chi connectivity index (χ0v) is 13.7. The molecule has 0 bridgehead atoms. The summed E-state index contributed by atoms with van der Waals surface area (Å²) < 4.78 is 6.55. The number of rotatable bonds is 6. The van der Waals surface area contributed by atoms with E-state index < -0.39 is 6.10 Å².